The van der Waals surface area contributed by atoms with Gasteiger partial charge in [0.2, 0.25) is 5.91 Å². The molecule has 1 heterocycles. The largest absolute Gasteiger partial charge is 0.348 e. The fourth-order valence-corrected chi connectivity index (χ4v) is 2.67. The Kier molecular flexibility index (Phi) is 5.40. The van der Waals surface area contributed by atoms with E-state index in [0.717, 1.165) is 19.5 Å². The summed E-state index contributed by atoms with van der Waals surface area (Å²) in [5.74, 6) is 0.151. The predicted molar refractivity (Wildman–Crippen MR) is 77.9 cm³/mol. The van der Waals surface area contributed by atoms with Gasteiger partial charge in [-0.1, -0.05) is 43.7 Å². The molecule has 0 radical (unpaired) electrons. The Morgan fingerprint density at radius 2 is 1.89 bits per heavy atom. The summed E-state index contributed by atoms with van der Waals surface area (Å²) in [6.07, 6.45) is 4.68. The van der Waals surface area contributed by atoms with E-state index in [1.165, 1.54) is 24.8 Å². The van der Waals surface area contributed by atoms with Gasteiger partial charge in [0, 0.05) is 0 Å². The van der Waals surface area contributed by atoms with E-state index in [0.29, 0.717) is 6.54 Å². The van der Waals surface area contributed by atoms with Crippen molar-refractivity contribution in [1.29, 1.82) is 0 Å². The second kappa shape index (κ2) is 7.29. The van der Waals surface area contributed by atoms with Crippen molar-refractivity contribution in [2.45, 2.75) is 38.6 Å². The van der Waals surface area contributed by atoms with Gasteiger partial charge in [-0.05, 0) is 37.9 Å². The van der Waals surface area contributed by atoms with E-state index in [1.54, 1.807) is 0 Å². The van der Waals surface area contributed by atoms with Gasteiger partial charge in [-0.25, -0.2) is 0 Å². The van der Waals surface area contributed by atoms with Gasteiger partial charge < -0.3 is 5.32 Å². The van der Waals surface area contributed by atoms with Crippen LogP contribution in [0.25, 0.3) is 0 Å². The molecule has 1 aliphatic heterocycles. The Morgan fingerprint density at radius 3 is 2.53 bits per heavy atom. The maximum Gasteiger partial charge on any atom is 0.234 e. The highest BCUT2D eigenvalue weighted by molar-refractivity contribution is 5.78. The van der Waals surface area contributed by atoms with Gasteiger partial charge in [0.1, 0.15) is 0 Å². The molecule has 1 saturated heterocycles. The first-order valence-electron chi connectivity index (χ1n) is 7.36. The molecule has 1 amide bonds. The van der Waals surface area contributed by atoms with Gasteiger partial charge >= 0.3 is 0 Å². The molecule has 1 aromatic rings. The van der Waals surface area contributed by atoms with Crippen LogP contribution in [-0.4, -0.2) is 30.4 Å². The van der Waals surface area contributed by atoms with Gasteiger partial charge in [0.25, 0.3) is 0 Å². The average Bonchev–Trinajstić information content (AvgIpc) is 2.47. The number of hydrogen-bond donors (Lipinski definition) is 1. The molecule has 1 aromatic carbocycles. The molecule has 1 atom stereocenters. The fourth-order valence-electron chi connectivity index (χ4n) is 2.67. The van der Waals surface area contributed by atoms with Gasteiger partial charge in [0.05, 0.1) is 12.6 Å². The number of rotatable bonds is 5. The normalized spacial score (nSPS) is 17.9. The topological polar surface area (TPSA) is 32.3 Å². The summed E-state index contributed by atoms with van der Waals surface area (Å²) in [6, 6.07) is 10.3. The molecule has 0 saturated carbocycles. The fraction of sp³-hybridized carbons (Fsp3) is 0.562. The van der Waals surface area contributed by atoms with Gasteiger partial charge in [-0.2, -0.15) is 0 Å². The lowest BCUT2D eigenvalue weighted by Gasteiger charge is -2.27. The van der Waals surface area contributed by atoms with Crippen molar-refractivity contribution < 1.29 is 4.79 Å². The van der Waals surface area contributed by atoms with Crippen LogP contribution in [0.3, 0.4) is 0 Å². The average molecular weight is 260 g/mol. The van der Waals surface area contributed by atoms with Crippen LogP contribution in [0.1, 0.15) is 44.2 Å². The van der Waals surface area contributed by atoms with Crippen LogP contribution in [0.15, 0.2) is 30.3 Å². The summed E-state index contributed by atoms with van der Waals surface area (Å²) >= 11 is 0. The summed E-state index contributed by atoms with van der Waals surface area (Å²) < 4.78 is 0. The first kappa shape index (κ1) is 14.1. The Hall–Kier alpha value is -1.35. The maximum atomic E-state index is 12.1. The number of carbonyl (C=O) groups excluding carboxylic acids is 1. The highest BCUT2D eigenvalue weighted by atomic mass is 16.2. The highest BCUT2D eigenvalue weighted by Crippen LogP contribution is 2.16. The first-order valence-corrected chi connectivity index (χ1v) is 7.36. The standard InChI is InChI=1S/C16H24N2O/c1-2-15(14-9-5-3-6-10-14)17-16(19)13-18-11-7-4-8-12-18/h3,5-6,9-10,15H,2,4,7-8,11-13H2,1H3,(H,17,19). The Morgan fingerprint density at radius 1 is 1.21 bits per heavy atom. The monoisotopic (exact) mass is 260 g/mol. The molecular weight excluding hydrogens is 236 g/mol. The number of amides is 1. The second-order valence-corrected chi connectivity index (χ2v) is 5.28. The third kappa shape index (κ3) is 4.35. The van der Waals surface area contributed by atoms with Crippen molar-refractivity contribution in [3.05, 3.63) is 35.9 Å². The van der Waals surface area contributed by atoms with E-state index in [1.807, 2.05) is 18.2 Å². The zero-order valence-corrected chi connectivity index (χ0v) is 11.8. The summed E-state index contributed by atoms with van der Waals surface area (Å²) in [7, 11) is 0. The third-order valence-electron chi connectivity index (χ3n) is 3.76. The molecule has 19 heavy (non-hydrogen) atoms. The molecule has 0 aliphatic carbocycles. The molecule has 3 heteroatoms. The van der Waals surface area contributed by atoms with Crippen molar-refractivity contribution >= 4 is 5.91 Å². The lowest BCUT2D eigenvalue weighted by Crippen LogP contribution is -2.41. The van der Waals surface area contributed by atoms with E-state index in [9.17, 15) is 4.79 Å². The zero-order valence-electron chi connectivity index (χ0n) is 11.8. The lowest BCUT2D eigenvalue weighted by atomic mass is 10.0. The molecule has 1 N–H and O–H groups in total. The van der Waals surface area contributed by atoms with Crippen molar-refractivity contribution in [2.75, 3.05) is 19.6 Å². The van der Waals surface area contributed by atoms with E-state index in [2.05, 4.69) is 29.3 Å². The van der Waals surface area contributed by atoms with E-state index < -0.39 is 0 Å². The minimum absolute atomic E-state index is 0.137. The molecule has 2 rings (SSSR count). The molecule has 0 spiro atoms. The Labute approximate surface area is 116 Å². The van der Waals surface area contributed by atoms with E-state index >= 15 is 0 Å². The van der Waals surface area contributed by atoms with Crippen molar-refractivity contribution in [2.24, 2.45) is 0 Å². The number of hydrogen-bond acceptors (Lipinski definition) is 2. The van der Waals surface area contributed by atoms with Crippen molar-refractivity contribution in [3.8, 4) is 0 Å². The molecule has 104 valence electrons. The molecular formula is C16H24N2O. The van der Waals surface area contributed by atoms with Crippen LogP contribution in [0.4, 0.5) is 0 Å². The second-order valence-electron chi connectivity index (χ2n) is 5.28. The maximum absolute atomic E-state index is 12.1. The molecule has 1 unspecified atom stereocenters. The van der Waals surface area contributed by atoms with Crippen LogP contribution < -0.4 is 5.32 Å². The van der Waals surface area contributed by atoms with Gasteiger partial charge in [-0.15, -0.1) is 0 Å². The van der Waals surface area contributed by atoms with Gasteiger partial charge in [-0.3, -0.25) is 9.69 Å². The van der Waals surface area contributed by atoms with Crippen LogP contribution in [-0.2, 0) is 4.79 Å². The summed E-state index contributed by atoms with van der Waals surface area (Å²) in [6.45, 7) is 4.78. The number of benzene rings is 1. The molecule has 3 nitrogen and oxygen atoms in total. The van der Waals surface area contributed by atoms with E-state index in [4.69, 9.17) is 0 Å². The number of carbonyl (C=O) groups is 1. The highest BCUT2D eigenvalue weighted by Gasteiger charge is 2.16. The van der Waals surface area contributed by atoms with Crippen LogP contribution in [0, 0.1) is 0 Å². The van der Waals surface area contributed by atoms with Crippen LogP contribution in [0.5, 0.6) is 0 Å². The summed E-state index contributed by atoms with van der Waals surface area (Å²) in [4.78, 5) is 14.4. The number of likely N-dealkylation sites (tertiary alicyclic amines) is 1. The summed E-state index contributed by atoms with van der Waals surface area (Å²) in [5, 5.41) is 3.15. The summed E-state index contributed by atoms with van der Waals surface area (Å²) in [5.41, 5.74) is 1.19. The van der Waals surface area contributed by atoms with Gasteiger partial charge in [0.15, 0.2) is 0 Å². The Balaban J connectivity index is 1.85. The molecule has 0 bridgehead atoms. The molecule has 1 fully saturated rings. The zero-order chi connectivity index (χ0) is 13.5. The molecule has 1 aliphatic rings. The minimum Gasteiger partial charge on any atom is -0.348 e. The lowest BCUT2D eigenvalue weighted by molar-refractivity contribution is -0.123. The smallest absolute Gasteiger partial charge is 0.234 e. The third-order valence-corrected chi connectivity index (χ3v) is 3.76. The SMILES string of the molecule is CCC(NC(=O)CN1CCCCC1)c1ccccc1. The number of nitrogens with zero attached hydrogens (tertiary/aromatic N) is 1. The van der Waals surface area contributed by atoms with Crippen molar-refractivity contribution in [3.63, 3.8) is 0 Å². The van der Waals surface area contributed by atoms with Crippen LogP contribution in [0.2, 0.25) is 0 Å². The molecule has 0 aromatic heterocycles. The number of nitrogens with one attached hydrogen (secondary N) is 1. The minimum atomic E-state index is 0.137. The van der Waals surface area contributed by atoms with Crippen LogP contribution >= 0.6 is 0 Å². The van der Waals surface area contributed by atoms with E-state index in [-0.39, 0.29) is 11.9 Å². The Bertz CT molecular complexity index is 385. The quantitative estimate of drug-likeness (QED) is 0.883. The number of piperidine rings is 1. The first-order chi connectivity index (χ1) is 9.29. The predicted octanol–water partition coefficient (Wildman–Crippen LogP) is 2.74. The van der Waals surface area contributed by atoms with Crippen molar-refractivity contribution in [1.82, 2.24) is 10.2 Å².